The zero-order chi connectivity index (χ0) is 11.6. The molecular formula is C11H13ClF2O. The molecule has 0 aromatic heterocycles. The van der Waals surface area contributed by atoms with Gasteiger partial charge in [0.15, 0.2) is 0 Å². The highest BCUT2D eigenvalue weighted by Crippen LogP contribution is 2.32. The lowest BCUT2D eigenvalue weighted by Crippen LogP contribution is -2.08. The van der Waals surface area contributed by atoms with Crippen molar-refractivity contribution in [2.45, 2.75) is 25.7 Å². The van der Waals surface area contributed by atoms with Gasteiger partial charge >= 0.3 is 0 Å². The summed E-state index contributed by atoms with van der Waals surface area (Å²) in [6, 6.07) is 4.13. The van der Waals surface area contributed by atoms with Gasteiger partial charge in [-0.2, -0.15) is 0 Å². The van der Waals surface area contributed by atoms with Gasteiger partial charge in [0, 0.05) is 30.0 Å². The number of aliphatic hydroxyl groups is 1. The summed E-state index contributed by atoms with van der Waals surface area (Å²) in [5.74, 6) is -3.03. The van der Waals surface area contributed by atoms with E-state index in [1.165, 1.54) is 18.2 Å². The molecule has 0 saturated carbocycles. The van der Waals surface area contributed by atoms with Gasteiger partial charge in [0.2, 0.25) is 0 Å². The summed E-state index contributed by atoms with van der Waals surface area (Å²) in [6.45, 7) is 2.56. The molecule has 0 aliphatic rings. The predicted molar refractivity (Wildman–Crippen MR) is 56.5 cm³/mol. The van der Waals surface area contributed by atoms with Crippen molar-refractivity contribution >= 4 is 11.6 Å². The Morgan fingerprint density at radius 3 is 2.47 bits per heavy atom. The van der Waals surface area contributed by atoms with Crippen LogP contribution in [0, 0.1) is 0 Å². The molecule has 15 heavy (non-hydrogen) atoms. The van der Waals surface area contributed by atoms with Crippen molar-refractivity contribution in [2.75, 3.05) is 6.61 Å². The smallest absolute Gasteiger partial charge is 0.270 e. The summed E-state index contributed by atoms with van der Waals surface area (Å²) < 4.78 is 25.9. The van der Waals surface area contributed by atoms with E-state index >= 15 is 0 Å². The van der Waals surface area contributed by atoms with Gasteiger partial charge in [-0.3, -0.25) is 0 Å². The molecule has 0 saturated heterocycles. The fraction of sp³-hybridized carbons (Fsp3) is 0.455. The molecule has 1 aromatic rings. The van der Waals surface area contributed by atoms with E-state index in [1.54, 1.807) is 6.92 Å². The third kappa shape index (κ3) is 2.89. The first-order valence-corrected chi connectivity index (χ1v) is 5.02. The van der Waals surface area contributed by atoms with Gasteiger partial charge in [0.25, 0.3) is 5.92 Å². The van der Waals surface area contributed by atoms with Gasteiger partial charge in [0.1, 0.15) is 0 Å². The van der Waals surface area contributed by atoms with E-state index in [0.29, 0.717) is 5.56 Å². The molecule has 1 nitrogen and oxygen atoms in total. The zero-order valence-corrected chi connectivity index (χ0v) is 9.35. The van der Waals surface area contributed by atoms with E-state index in [0.717, 1.165) is 6.92 Å². The van der Waals surface area contributed by atoms with Crippen molar-refractivity contribution in [1.82, 2.24) is 0 Å². The second-order valence-electron chi connectivity index (χ2n) is 3.71. The first-order chi connectivity index (χ1) is 6.86. The van der Waals surface area contributed by atoms with Crippen molar-refractivity contribution in [2.24, 2.45) is 0 Å². The summed E-state index contributed by atoms with van der Waals surface area (Å²) in [4.78, 5) is 0. The van der Waals surface area contributed by atoms with Gasteiger partial charge in [-0.15, -0.1) is 0 Å². The maximum atomic E-state index is 12.9. The molecule has 0 radical (unpaired) electrons. The minimum atomic E-state index is -2.88. The molecule has 0 aliphatic heterocycles. The van der Waals surface area contributed by atoms with E-state index in [-0.39, 0.29) is 23.1 Å². The molecule has 0 fully saturated rings. The molecule has 0 aliphatic carbocycles. The van der Waals surface area contributed by atoms with Crippen LogP contribution in [0.2, 0.25) is 5.02 Å². The van der Waals surface area contributed by atoms with Crippen LogP contribution in [-0.2, 0) is 5.92 Å². The standard InChI is InChI=1S/C11H13ClF2O/c1-7(6-15)9-4-3-8(5-10(9)12)11(2,13)14/h3-5,7,15H,6H2,1-2H3. The fourth-order valence-electron chi connectivity index (χ4n) is 1.30. The lowest BCUT2D eigenvalue weighted by Gasteiger charge is -2.15. The van der Waals surface area contributed by atoms with E-state index in [1.807, 2.05) is 0 Å². The van der Waals surface area contributed by atoms with Crippen LogP contribution in [0.5, 0.6) is 0 Å². The average Bonchev–Trinajstić information content (AvgIpc) is 2.15. The minimum Gasteiger partial charge on any atom is -0.396 e. The second-order valence-corrected chi connectivity index (χ2v) is 4.12. The van der Waals surface area contributed by atoms with Crippen molar-refractivity contribution in [3.05, 3.63) is 34.3 Å². The Kier molecular flexibility index (Phi) is 3.68. The molecular weight excluding hydrogens is 222 g/mol. The fourth-order valence-corrected chi connectivity index (χ4v) is 1.66. The summed E-state index contributed by atoms with van der Waals surface area (Å²) >= 11 is 5.86. The number of aliphatic hydroxyl groups excluding tert-OH is 1. The van der Waals surface area contributed by atoms with Crippen molar-refractivity contribution in [1.29, 1.82) is 0 Å². The number of rotatable bonds is 3. The maximum Gasteiger partial charge on any atom is 0.270 e. The lowest BCUT2D eigenvalue weighted by atomic mass is 9.99. The molecule has 1 rings (SSSR count). The van der Waals surface area contributed by atoms with Crippen LogP contribution in [0.25, 0.3) is 0 Å². The Labute approximate surface area is 92.7 Å². The number of hydrogen-bond acceptors (Lipinski definition) is 1. The first-order valence-electron chi connectivity index (χ1n) is 4.65. The Morgan fingerprint density at radius 2 is 2.07 bits per heavy atom. The number of benzene rings is 1. The maximum absolute atomic E-state index is 12.9. The van der Waals surface area contributed by atoms with Crippen LogP contribution in [0.4, 0.5) is 8.78 Å². The van der Waals surface area contributed by atoms with Gasteiger partial charge in [0.05, 0.1) is 0 Å². The summed E-state index contributed by atoms with van der Waals surface area (Å²) in [5.41, 5.74) is 0.577. The summed E-state index contributed by atoms with van der Waals surface area (Å²) in [5, 5.41) is 9.21. The molecule has 84 valence electrons. The quantitative estimate of drug-likeness (QED) is 0.848. The van der Waals surface area contributed by atoms with Gasteiger partial charge < -0.3 is 5.11 Å². The topological polar surface area (TPSA) is 20.2 Å². The molecule has 0 bridgehead atoms. The molecule has 1 unspecified atom stereocenters. The molecule has 1 atom stereocenters. The number of alkyl halides is 2. The highest BCUT2D eigenvalue weighted by atomic mass is 35.5. The van der Waals surface area contributed by atoms with Crippen molar-refractivity contribution in [3.63, 3.8) is 0 Å². The van der Waals surface area contributed by atoms with E-state index in [4.69, 9.17) is 16.7 Å². The predicted octanol–water partition coefficient (Wildman–Crippen LogP) is 3.55. The Balaban J connectivity index is 3.09. The molecule has 0 amide bonds. The SMILES string of the molecule is CC(CO)c1ccc(C(C)(F)F)cc1Cl. The van der Waals surface area contributed by atoms with Crippen LogP contribution in [-0.4, -0.2) is 11.7 Å². The molecule has 4 heteroatoms. The summed E-state index contributed by atoms with van der Waals surface area (Å²) in [6.07, 6.45) is 0. The Hall–Kier alpha value is -0.670. The highest BCUT2D eigenvalue weighted by Gasteiger charge is 2.25. The van der Waals surface area contributed by atoms with Gasteiger partial charge in [-0.25, -0.2) is 8.78 Å². The van der Waals surface area contributed by atoms with Crippen LogP contribution in [0.1, 0.15) is 30.9 Å². The molecule has 1 N–H and O–H groups in total. The average molecular weight is 235 g/mol. The second kappa shape index (κ2) is 4.45. The molecule has 1 aromatic carbocycles. The molecule has 0 spiro atoms. The Bertz CT molecular complexity index is 347. The van der Waals surface area contributed by atoms with E-state index < -0.39 is 5.92 Å². The first kappa shape index (κ1) is 12.4. The third-order valence-corrected chi connectivity index (χ3v) is 2.64. The number of hydrogen-bond donors (Lipinski definition) is 1. The largest absolute Gasteiger partial charge is 0.396 e. The third-order valence-electron chi connectivity index (χ3n) is 2.31. The van der Waals surface area contributed by atoms with Crippen LogP contribution in [0.3, 0.4) is 0 Å². The Morgan fingerprint density at radius 1 is 1.47 bits per heavy atom. The lowest BCUT2D eigenvalue weighted by molar-refractivity contribution is 0.0174. The zero-order valence-electron chi connectivity index (χ0n) is 8.60. The van der Waals surface area contributed by atoms with Crippen LogP contribution < -0.4 is 0 Å². The van der Waals surface area contributed by atoms with Crippen LogP contribution >= 0.6 is 11.6 Å². The van der Waals surface area contributed by atoms with Crippen molar-refractivity contribution in [3.8, 4) is 0 Å². The number of halogens is 3. The normalized spacial score (nSPS) is 14.0. The van der Waals surface area contributed by atoms with Crippen molar-refractivity contribution < 1.29 is 13.9 Å². The van der Waals surface area contributed by atoms with Crippen LogP contribution in [0.15, 0.2) is 18.2 Å². The monoisotopic (exact) mass is 234 g/mol. The highest BCUT2D eigenvalue weighted by molar-refractivity contribution is 6.31. The van der Waals surface area contributed by atoms with E-state index in [2.05, 4.69) is 0 Å². The van der Waals surface area contributed by atoms with Gasteiger partial charge in [-0.05, 0) is 11.6 Å². The minimum absolute atomic E-state index is 0.0540. The van der Waals surface area contributed by atoms with Gasteiger partial charge in [-0.1, -0.05) is 30.7 Å². The summed E-state index contributed by atoms with van der Waals surface area (Å²) in [7, 11) is 0. The molecule has 0 heterocycles. The van der Waals surface area contributed by atoms with E-state index in [9.17, 15) is 8.78 Å².